The van der Waals surface area contributed by atoms with Gasteiger partial charge < -0.3 is 21.1 Å². The van der Waals surface area contributed by atoms with Gasteiger partial charge in [-0.15, -0.1) is 0 Å². The van der Waals surface area contributed by atoms with E-state index in [1.165, 1.54) is 25.1 Å². The van der Waals surface area contributed by atoms with Crippen LogP contribution in [-0.4, -0.2) is 21.4 Å². The first-order valence-corrected chi connectivity index (χ1v) is 3.98. The average Bonchev–Trinajstić information content (AvgIpc) is 2.08. The van der Waals surface area contributed by atoms with Crippen LogP contribution in [0.2, 0.25) is 0 Å². The van der Waals surface area contributed by atoms with Gasteiger partial charge in [0.25, 0.3) is 0 Å². The van der Waals surface area contributed by atoms with Gasteiger partial charge in [-0.05, 0) is 25.1 Å². The molecule has 0 aliphatic heterocycles. The first-order chi connectivity index (χ1) is 6.02. The van der Waals surface area contributed by atoms with Crippen molar-refractivity contribution in [3.05, 3.63) is 23.8 Å². The molecule has 0 amide bonds. The van der Waals surface area contributed by atoms with Crippen molar-refractivity contribution in [2.24, 2.45) is 5.73 Å². The number of benzene rings is 1. The van der Waals surface area contributed by atoms with Crippen molar-refractivity contribution in [3.63, 3.8) is 0 Å². The molecule has 0 saturated heterocycles. The van der Waals surface area contributed by atoms with Crippen LogP contribution < -0.4 is 5.73 Å². The SMILES string of the molecule is C[C@@H](O)[C@@H](N)c1cc(O)ccc1O. The summed E-state index contributed by atoms with van der Waals surface area (Å²) in [5, 5.41) is 27.6. The molecule has 13 heavy (non-hydrogen) atoms. The molecule has 4 heteroatoms. The van der Waals surface area contributed by atoms with E-state index in [1.807, 2.05) is 0 Å². The normalized spacial score (nSPS) is 15.3. The van der Waals surface area contributed by atoms with Crippen LogP contribution in [0.3, 0.4) is 0 Å². The Kier molecular flexibility index (Phi) is 2.75. The summed E-state index contributed by atoms with van der Waals surface area (Å²) in [4.78, 5) is 0. The summed E-state index contributed by atoms with van der Waals surface area (Å²) in [5.41, 5.74) is 5.93. The summed E-state index contributed by atoms with van der Waals surface area (Å²) < 4.78 is 0. The highest BCUT2D eigenvalue weighted by Gasteiger charge is 2.16. The number of aliphatic hydroxyl groups is 1. The zero-order valence-electron chi connectivity index (χ0n) is 7.31. The van der Waals surface area contributed by atoms with Crippen LogP contribution in [-0.2, 0) is 0 Å². The van der Waals surface area contributed by atoms with Crippen LogP contribution in [0.25, 0.3) is 0 Å². The fourth-order valence-electron chi connectivity index (χ4n) is 1.07. The number of hydrogen-bond acceptors (Lipinski definition) is 4. The van der Waals surface area contributed by atoms with Crippen molar-refractivity contribution in [2.75, 3.05) is 0 Å². The molecular formula is C9H13NO3. The molecule has 0 radical (unpaired) electrons. The van der Waals surface area contributed by atoms with Crippen LogP contribution >= 0.6 is 0 Å². The van der Waals surface area contributed by atoms with Crippen molar-refractivity contribution in [1.82, 2.24) is 0 Å². The van der Waals surface area contributed by atoms with Gasteiger partial charge in [0.15, 0.2) is 0 Å². The van der Waals surface area contributed by atoms with Crippen molar-refractivity contribution in [1.29, 1.82) is 0 Å². The number of hydrogen-bond donors (Lipinski definition) is 4. The molecule has 5 N–H and O–H groups in total. The maximum absolute atomic E-state index is 9.35. The fraction of sp³-hybridized carbons (Fsp3) is 0.333. The van der Waals surface area contributed by atoms with E-state index in [-0.39, 0.29) is 11.5 Å². The number of aliphatic hydroxyl groups excluding tert-OH is 1. The maximum Gasteiger partial charge on any atom is 0.120 e. The molecule has 0 aromatic heterocycles. The van der Waals surface area contributed by atoms with Crippen LogP contribution in [0.5, 0.6) is 11.5 Å². The Hall–Kier alpha value is -1.26. The number of phenolic OH excluding ortho intramolecular Hbond substituents is 2. The molecule has 0 heterocycles. The first-order valence-electron chi connectivity index (χ1n) is 3.98. The molecule has 1 rings (SSSR count). The number of nitrogens with two attached hydrogens (primary N) is 1. The molecule has 0 fully saturated rings. The molecule has 0 aliphatic carbocycles. The van der Waals surface area contributed by atoms with Gasteiger partial charge in [-0.3, -0.25) is 0 Å². The lowest BCUT2D eigenvalue weighted by atomic mass is 10.0. The summed E-state index contributed by atoms with van der Waals surface area (Å²) in [6.45, 7) is 1.52. The molecule has 2 atom stereocenters. The minimum Gasteiger partial charge on any atom is -0.508 e. The lowest BCUT2D eigenvalue weighted by molar-refractivity contribution is 0.162. The van der Waals surface area contributed by atoms with E-state index >= 15 is 0 Å². The second-order valence-electron chi connectivity index (χ2n) is 3.01. The molecule has 0 aliphatic rings. The summed E-state index contributed by atoms with van der Waals surface area (Å²) in [7, 11) is 0. The summed E-state index contributed by atoms with van der Waals surface area (Å²) >= 11 is 0. The predicted octanol–water partition coefficient (Wildman–Crippen LogP) is 0.478. The Labute approximate surface area is 76.2 Å². The highest BCUT2D eigenvalue weighted by atomic mass is 16.3. The second kappa shape index (κ2) is 3.64. The monoisotopic (exact) mass is 183 g/mol. The van der Waals surface area contributed by atoms with E-state index in [1.54, 1.807) is 0 Å². The Bertz CT molecular complexity index is 299. The minimum absolute atomic E-state index is 0.0175. The molecule has 1 aromatic carbocycles. The van der Waals surface area contributed by atoms with Crippen molar-refractivity contribution in [2.45, 2.75) is 19.1 Å². The van der Waals surface area contributed by atoms with Gasteiger partial charge in [-0.25, -0.2) is 0 Å². The third kappa shape index (κ3) is 2.11. The lowest BCUT2D eigenvalue weighted by Gasteiger charge is -2.16. The topological polar surface area (TPSA) is 86.7 Å². The molecule has 0 saturated carbocycles. The van der Waals surface area contributed by atoms with Crippen LogP contribution in [0.4, 0.5) is 0 Å². The molecule has 4 nitrogen and oxygen atoms in total. The molecule has 1 aromatic rings. The summed E-state index contributed by atoms with van der Waals surface area (Å²) in [6.07, 6.45) is -0.771. The number of phenols is 2. The highest BCUT2D eigenvalue weighted by molar-refractivity contribution is 5.40. The fourth-order valence-corrected chi connectivity index (χ4v) is 1.07. The zero-order chi connectivity index (χ0) is 10.0. The Balaban J connectivity index is 3.05. The summed E-state index contributed by atoms with van der Waals surface area (Å²) in [6, 6.07) is 3.35. The maximum atomic E-state index is 9.35. The van der Waals surface area contributed by atoms with E-state index in [4.69, 9.17) is 10.8 Å². The molecule has 0 bridgehead atoms. The zero-order valence-corrected chi connectivity index (χ0v) is 7.31. The molecular weight excluding hydrogens is 170 g/mol. The smallest absolute Gasteiger partial charge is 0.120 e. The van der Waals surface area contributed by atoms with E-state index < -0.39 is 12.1 Å². The van der Waals surface area contributed by atoms with Gasteiger partial charge >= 0.3 is 0 Å². The van der Waals surface area contributed by atoms with Crippen molar-refractivity contribution >= 4 is 0 Å². The largest absolute Gasteiger partial charge is 0.508 e. The third-order valence-electron chi connectivity index (χ3n) is 1.89. The van der Waals surface area contributed by atoms with E-state index in [0.29, 0.717) is 5.56 Å². The predicted molar refractivity (Wildman–Crippen MR) is 48.4 cm³/mol. The average molecular weight is 183 g/mol. The first kappa shape index (κ1) is 9.83. The minimum atomic E-state index is -0.771. The number of aromatic hydroxyl groups is 2. The van der Waals surface area contributed by atoms with Gasteiger partial charge in [0, 0.05) is 5.56 Å². The van der Waals surface area contributed by atoms with Crippen LogP contribution in [0, 0.1) is 0 Å². The molecule has 72 valence electrons. The van der Waals surface area contributed by atoms with E-state index in [0.717, 1.165) is 0 Å². The Morgan fingerprint density at radius 3 is 2.46 bits per heavy atom. The van der Waals surface area contributed by atoms with Crippen LogP contribution in [0.1, 0.15) is 18.5 Å². The second-order valence-corrected chi connectivity index (χ2v) is 3.01. The van der Waals surface area contributed by atoms with Crippen molar-refractivity contribution in [3.8, 4) is 11.5 Å². The quantitative estimate of drug-likeness (QED) is 0.502. The van der Waals surface area contributed by atoms with Crippen molar-refractivity contribution < 1.29 is 15.3 Å². The molecule has 0 spiro atoms. The standard InChI is InChI=1S/C9H13NO3/c1-5(11)9(10)7-4-6(12)2-3-8(7)13/h2-5,9,11-13H,10H2,1H3/t5-,9-/m1/s1. The van der Waals surface area contributed by atoms with E-state index in [2.05, 4.69) is 0 Å². The Morgan fingerprint density at radius 1 is 1.31 bits per heavy atom. The van der Waals surface area contributed by atoms with E-state index in [9.17, 15) is 10.2 Å². The Morgan fingerprint density at radius 2 is 1.92 bits per heavy atom. The van der Waals surface area contributed by atoms with Crippen LogP contribution in [0.15, 0.2) is 18.2 Å². The lowest BCUT2D eigenvalue weighted by Crippen LogP contribution is -2.23. The summed E-state index contributed by atoms with van der Waals surface area (Å²) in [5.74, 6) is -0.00454. The third-order valence-corrected chi connectivity index (χ3v) is 1.89. The van der Waals surface area contributed by atoms with Gasteiger partial charge in [0.1, 0.15) is 11.5 Å². The highest BCUT2D eigenvalue weighted by Crippen LogP contribution is 2.28. The molecule has 0 unspecified atom stereocenters. The van der Waals surface area contributed by atoms with Gasteiger partial charge in [0.05, 0.1) is 12.1 Å². The van der Waals surface area contributed by atoms with Gasteiger partial charge in [-0.2, -0.15) is 0 Å². The van der Waals surface area contributed by atoms with Gasteiger partial charge in [-0.1, -0.05) is 0 Å². The number of rotatable bonds is 2. The van der Waals surface area contributed by atoms with Gasteiger partial charge in [0.2, 0.25) is 0 Å².